The van der Waals surface area contributed by atoms with Crippen LogP contribution in [0.15, 0.2) is 54.6 Å². The lowest BCUT2D eigenvalue weighted by Crippen LogP contribution is -2.60. The topological polar surface area (TPSA) is 68.6 Å². The fourth-order valence-corrected chi connectivity index (χ4v) is 5.07. The summed E-state index contributed by atoms with van der Waals surface area (Å²) in [5, 5.41) is 8.72. The first kappa shape index (κ1) is 21.7. The van der Waals surface area contributed by atoms with Crippen LogP contribution in [0.5, 0.6) is 5.75 Å². The van der Waals surface area contributed by atoms with Gasteiger partial charge in [0.15, 0.2) is 5.69 Å². The third kappa shape index (κ3) is 4.38. The van der Waals surface area contributed by atoms with Crippen molar-refractivity contribution in [2.75, 3.05) is 20.3 Å². The summed E-state index contributed by atoms with van der Waals surface area (Å²) >= 11 is 0. The molecule has 2 saturated heterocycles. The Hall–Kier alpha value is -3.16. The van der Waals surface area contributed by atoms with Crippen LogP contribution in [0.3, 0.4) is 0 Å². The summed E-state index contributed by atoms with van der Waals surface area (Å²) in [5.41, 5.74) is 2.67. The molecule has 0 aliphatic carbocycles. The molecule has 7 nitrogen and oxygen atoms in total. The predicted molar refractivity (Wildman–Crippen MR) is 128 cm³/mol. The molecule has 3 atom stereocenters. The molecule has 0 radical (unpaired) electrons. The predicted octanol–water partition coefficient (Wildman–Crippen LogP) is 3.70. The molecule has 7 heteroatoms. The largest absolute Gasteiger partial charge is 0.497 e. The van der Waals surface area contributed by atoms with Crippen LogP contribution in [0.1, 0.15) is 35.8 Å². The Balaban J connectivity index is 1.29. The van der Waals surface area contributed by atoms with Crippen LogP contribution in [-0.2, 0) is 11.3 Å². The van der Waals surface area contributed by atoms with Gasteiger partial charge in [-0.3, -0.25) is 9.69 Å². The molecule has 1 aromatic heterocycles. The van der Waals surface area contributed by atoms with Gasteiger partial charge in [0, 0.05) is 36.3 Å². The number of nitrogens with one attached hydrogen (secondary N) is 1. The number of rotatable bonds is 6. The summed E-state index contributed by atoms with van der Waals surface area (Å²) in [4.78, 5) is 15.8. The van der Waals surface area contributed by atoms with Crippen molar-refractivity contribution in [3.05, 3.63) is 65.9 Å². The smallest absolute Gasteiger partial charge is 0.272 e. The molecular formula is C26H30N4O3. The van der Waals surface area contributed by atoms with E-state index in [4.69, 9.17) is 9.47 Å². The Morgan fingerprint density at radius 2 is 1.88 bits per heavy atom. The second-order valence-electron chi connectivity index (χ2n) is 8.80. The number of hydrogen-bond donors (Lipinski definition) is 1. The average molecular weight is 447 g/mol. The number of benzene rings is 2. The molecule has 1 unspecified atom stereocenters. The number of piperidine rings is 1. The molecule has 5 rings (SSSR count). The number of para-hydroxylation sites is 1. The maximum Gasteiger partial charge on any atom is 0.272 e. The molecule has 2 aliphatic rings. The Labute approximate surface area is 194 Å². The Kier molecular flexibility index (Phi) is 6.15. The monoisotopic (exact) mass is 446 g/mol. The maximum absolute atomic E-state index is 13.2. The normalized spacial score (nSPS) is 23.2. The first-order chi connectivity index (χ1) is 16.2. The van der Waals surface area contributed by atoms with Gasteiger partial charge in [-0.15, -0.1) is 0 Å². The van der Waals surface area contributed by atoms with Gasteiger partial charge < -0.3 is 14.8 Å². The fourth-order valence-electron chi connectivity index (χ4n) is 5.07. The number of carbonyl (C=O) groups excluding carboxylic acids is 1. The van der Waals surface area contributed by atoms with Gasteiger partial charge in [-0.2, -0.15) is 5.10 Å². The second-order valence-corrected chi connectivity index (χ2v) is 8.80. The maximum atomic E-state index is 13.2. The van der Waals surface area contributed by atoms with Crippen molar-refractivity contribution < 1.29 is 14.3 Å². The van der Waals surface area contributed by atoms with Gasteiger partial charge in [-0.05, 0) is 43.5 Å². The van der Waals surface area contributed by atoms with E-state index in [1.165, 1.54) is 5.56 Å². The van der Waals surface area contributed by atoms with Crippen molar-refractivity contribution in [2.45, 2.75) is 44.4 Å². The number of carbonyl (C=O) groups is 1. The van der Waals surface area contributed by atoms with Gasteiger partial charge in [0.1, 0.15) is 5.75 Å². The summed E-state index contributed by atoms with van der Waals surface area (Å²) in [6, 6.07) is 16.8. The van der Waals surface area contributed by atoms with Gasteiger partial charge in [-0.25, -0.2) is 4.68 Å². The van der Waals surface area contributed by atoms with E-state index in [1.54, 1.807) is 11.8 Å². The lowest BCUT2D eigenvalue weighted by molar-refractivity contribution is -0.0843. The van der Waals surface area contributed by atoms with E-state index in [-0.39, 0.29) is 24.0 Å². The van der Waals surface area contributed by atoms with Crippen molar-refractivity contribution in [2.24, 2.45) is 0 Å². The van der Waals surface area contributed by atoms with E-state index in [0.29, 0.717) is 18.9 Å². The van der Waals surface area contributed by atoms with Crippen LogP contribution >= 0.6 is 0 Å². The first-order valence-electron chi connectivity index (χ1n) is 11.5. The number of fused-ring (bicyclic) bond motifs is 3. The third-order valence-electron chi connectivity index (χ3n) is 6.65. The molecule has 1 amide bonds. The molecule has 2 aliphatic heterocycles. The van der Waals surface area contributed by atoms with Crippen LogP contribution in [0.25, 0.3) is 17.1 Å². The highest BCUT2D eigenvalue weighted by Crippen LogP contribution is 2.30. The third-order valence-corrected chi connectivity index (χ3v) is 6.65. The number of allylic oxidation sites excluding steroid dienone is 1. The summed E-state index contributed by atoms with van der Waals surface area (Å²) < 4.78 is 12.9. The Morgan fingerprint density at radius 3 is 2.58 bits per heavy atom. The van der Waals surface area contributed by atoms with Crippen molar-refractivity contribution in [3.8, 4) is 5.75 Å². The zero-order valence-electron chi connectivity index (χ0n) is 19.1. The van der Waals surface area contributed by atoms with Crippen molar-refractivity contribution in [3.63, 3.8) is 0 Å². The van der Waals surface area contributed by atoms with Crippen LogP contribution < -0.4 is 10.1 Å². The minimum absolute atomic E-state index is 0.106. The number of hydrogen-bond acceptors (Lipinski definition) is 5. The molecule has 2 fully saturated rings. The van der Waals surface area contributed by atoms with E-state index in [0.717, 1.165) is 36.0 Å². The number of aromatic nitrogens is 2. The molecule has 2 aromatic carbocycles. The molecule has 3 heterocycles. The summed E-state index contributed by atoms with van der Waals surface area (Å²) in [6.07, 6.45) is 5.52. The molecule has 33 heavy (non-hydrogen) atoms. The zero-order valence-corrected chi connectivity index (χ0v) is 19.1. The lowest BCUT2D eigenvalue weighted by Gasteiger charge is -2.48. The number of amides is 1. The minimum Gasteiger partial charge on any atom is -0.497 e. The number of ether oxygens (including phenoxy) is 2. The van der Waals surface area contributed by atoms with E-state index < -0.39 is 0 Å². The molecular weight excluding hydrogens is 416 g/mol. The highest BCUT2D eigenvalue weighted by molar-refractivity contribution is 6.05. The molecule has 2 bridgehead atoms. The van der Waals surface area contributed by atoms with Crippen molar-refractivity contribution in [1.82, 2.24) is 20.0 Å². The van der Waals surface area contributed by atoms with Crippen molar-refractivity contribution >= 4 is 23.0 Å². The summed E-state index contributed by atoms with van der Waals surface area (Å²) in [5.74, 6) is 0.759. The molecule has 0 spiro atoms. The Morgan fingerprint density at radius 1 is 1.15 bits per heavy atom. The highest BCUT2D eigenvalue weighted by Gasteiger charge is 2.39. The fraction of sp³-hybridized carbons (Fsp3) is 0.385. The molecule has 1 N–H and O–H groups in total. The second kappa shape index (κ2) is 9.37. The number of morpholine rings is 1. The first-order valence-corrected chi connectivity index (χ1v) is 11.5. The van der Waals surface area contributed by atoms with Crippen LogP contribution in [0.4, 0.5) is 0 Å². The molecule has 3 aromatic rings. The van der Waals surface area contributed by atoms with E-state index in [1.807, 2.05) is 55.6 Å². The van der Waals surface area contributed by atoms with Crippen LogP contribution in [-0.4, -0.2) is 59.0 Å². The Bertz CT molecular complexity index is 1140. The van der Waals surface area contributed by atoms with Gasteiger partial charge in [0.25, 0.3) is 5.91 Å². The summed E-state index contributed by atoms with van der Waals surface area (Å²) in [7, 11) is 1.68. The quantitative estimate of drug-likeness (QED) is 0.625. The van der Waals surface area contributed by atoms with Crippen LogP contribution in [0.2, 0.25) is 0 Å². The average Bonchev–Trinajstić information content (AvgIpc) is 3.19. The lowest BCUT2D eigenvalue weighted by atomic mass is 9.89. The van der Waals surface area contributed by atoms with E-state index >= 15 is 0 Å². The standard InChI is InChI=1S/C26H30N4O3/c1-3-12-30-24-7-5-4-6-23(24)25(28-30)26(31)27-19-13-20-16-33-17-21(14-19)29(20)15-18-8-10-22(32-2)11-9-18/h3-12,19-21H,13-17H2,1-2H3,(H,27,31)/b12-3-/t19?,20-,21+. The van der Waals surface area contributed by atoms with Crippen LogP contribution in [0, 0.1) is 0 Å². The SMILES string of the molecule is C/C=C\n1nc(C(=O)NC2C[C@H]3COC[C@@H](C2)N3Cc2ccc(OC)cc2)c2ccccc21. The van der Waals surface area contributed by atoms with Crippen molar-refractivity contribution in [1.29, 1.82) is 0 Å². The van der Waals surface area contributed by atoms with E-state index in [9.17, 15) is 4.79 Å². The van der Waals surface area contributed by atoms with Gasteiger partial charge in [0.05, 0.1) is 25.8 Å². The van der Waals surface area contributed by atoms with Gasteiger partial charge >= 0.3 is 0 Å². The summed E-state index contributed by atoms with van der Waals surface area (Å²) in [6.45, 7) is 4.20. The molecule has 0 saturated carbocycles. The molecule has 172 valence electrons. The number of methoxy groups -OCH3 is 1. The minimum atomic E-state index is -0.109. The van der Waals surface area contributed by atoms with Gasteiger partial charge in [0.2, 0.25) is 0 Å². The van der Waals surface area contributed by atoms with E-state index in [2.05, 4.69) is 27.4 Å². The highest BCUT2D eigenvalue weighted by atomic mass is 16.5. The van der Waals surface area contributed by atoms with Gasteiger partial charge in [-0.1, -0.05) is 36.4 Å². The number of nitrogens with zero attached hydrogens (tertiary/aromatic N) is 3. The zero-order chi connectivity index (χ0) is 22.8.